The summed E-state index contributed by atoms with van der Waals surface area (Å²) in [5, 5.41) is 0.663. The van der Waals surface area contributed by atoms with Crippen LogP contribution < -0.4 is 10.5 Å². The summed E-state index contributed by atoms with van der Waals surface area (Å²) in [7, 11) is 0. The number of hydrogen-bond acceptors (Lipinski definition) is 2. The van der Waals surface area contributed by atoms with Crippen LogP contribution in [0.15, 0.2) is 42.5 Å². The van der Waals surface area contributed by atoms with Crippen molar-refractivity contribution in [3.8, 4) is 11.5 Å². The average Bonchev–Trinajstić information content (AvgIpc) is 2.35. The van der Waals surface area contributed by atoms with E-state index >= 15 is 0 Å². The number of ether oxygens (including phenoxy) is 1. The SMILES string of the molecule is Cc1ccc(Oc2cc(Cl)ccc2CC(C)N)cc1. The molecule has 2 nitrogen and oxygen atoms in total. The molecular formula is C16H18ClNO. The van der Waals surface area contributed by atoms with Gasteiger partial charge >= 0.3 is 0 Å². The van der Waals surface area contributed by atoms with Gasteiger partial charge in [-0.1, -0.05) is 35.4 Å². The average molecular weight is 276 g/mol. The Morgan fingerprint density at radius 3 is 2.47 bits per heavy atom. The number of hydrogen-bond donors (Lipinski definition) is 1. The first-order chi connectivity index (χ1) is 9.04. The van der Waals surface area contributed by atoms with Gasteiger partial charge in [0, 0.05) is 11.1 Å². The highest BCUT2D eigenvalue weighted by Crippen LogP contribution is 2.29. The zero-order valence-corrected chi connectivity index (χ0v) is 11.9. The number of nitrogens with two attached hydrogens (primary N) is 1. The second kappa shape index (κ2) is 6.09. The Kier molecular flexibility index (Phi) is 4.46. The lowest BCUT2D eigenvalue weighted by atomic mass is 10.1. The smallest absolute Gasteiger partial charge is 0.132 e. The molecular weight excluding hydrogens is 258 g/mol. The van der Waals surface area contributed by atoms with Crippen molar-refractivity contribution in [3.63, 3.8) is 0 Å². The molecule has 0 spiro atoms. The maximum absolute atomic E-state index is 6.03. The Morgan fingerprint density at radius 1 is 1.16 bits per heavy atom. The molecule has 2 aromatic carbocycles. The van der Waals surface area contributed by atoms with E-state index in [0.717, 1.165) is 23.5 Å². The summed E-state index contributed by atoms with van der Waals surface area (Å²) < 4.78 is 5.91. The highest BCUT2D eigenvalue weighted by atomic mass is 35.5. The van der Waals surface area contributed by atoms with Crippen molar-refractivity contribution in [1.29, 1.82) is 0 Å². The lowest BCUT2D eigenvalue weighted by Gasteiger charge is -2.13. The second-order valence-electron chi connectivity index (χ2n) is 4.85. The van der Waals surface area contributed by atoms with Gasteiger partial charge in [0.05, 0.1) is 0 Å². The minimum Gasteiger partial charge on any atom is -0.457 e. The second-order valence-corrected chi connectivity index (χ2v) is 5.29. The highest BCUT2D eigenvalue weighted by molar-refractivity contribution is 6.30. The van der Waals surface area contributed by atoms with Crippen molar-refractivity contribution in [1.82, 2.24) is 0 Å². The molecule has 3 heteroatoms. The zero-order chi connectivity index (χ0) is 13.8. The van der Waals surface area contributed by atoms with Gasteiger partial charge in [0.1, 0.15) is 11.5 Å². The standard InChI is InChI=1S/C16H18ClNO/c1-11-3-7-15(8-4-11)19-16-10-14(17)6-5-13(16)9-12(2)18/h3-8,10,12H,9,18H2,1-2H3. The summed E-state index contributed by atoms with van der Waals surface area (Å²) >= 11 is 6.03. The monoisotopic (exact) mass is 275 g/mol. The Hall–Kier alpha value is -1.51. The summed E-state index contributed by atoms with van der Waals surface area (Å²) in [6, 6.07) is 13.7. The molecule has 0 radical (unpaired) electrons. The molecule has 0 fully saturated rings. The lowest BCUT2D eigenvalue weighted by molar-refractivity contribution is 0.474. The van der Waals surface area contributed by atoms with Crippen LogP contribution in [0.5, 0.6) is 11.5 Å². The van der Waals surface area contributed by atoms with E-state index < -0.39 is 0 Å². The Labute approximate surface area is 119 Å². The number of benzene rings is 2. The number of rotatable bonds is 4. The molecule has 0 aliphatic carbocycles. The van der Waals surface area contributed by atoms with Gasteiger partial charge in [-0.2, -0.15) is 0 Å². The van der Waals surface area contributed by atoms with Crippen molar-refractivity contribution in [2.24, 2.45) is 5.73 Å². The van der Waals surface area contributed by atoms with Crippen LogP contribution in [-0.4, -0.2) is 6.04 Å². The van der Waals surface area contributed by atoms with E-state index in [1.54, 1.807) is 0 Å². The molecule has 0 aromatic heterocycles. The van der Waals surface area contributed by atoms with Crippen LogP contribution in [0.25, 0.3) is 0 Å². The van der Waals surface area contributed by atoms with Crippen LogP contribution in [-0.2, 0) is 6.42 Å². The van der Waals surface area contributed by atoms with Gasteiger partial charge in [-0.15, -0.1) is 0 Å². The molecule has 2 N–H and O–H groups in total. The molecule has 19 heavy (non-hydrogen) atoms. The van der Waals surface area contributed by atoms with Crippen molar-refractivity contribution < 1.29 is 4.74 Å². The normalized spacial score (nSPS) is 12.2. The molecule has 0 aliphatic heterocycles. The minimum absolute atomic E-state index is 0.0848. The van der Waals surface area contributed by atoms with Gasteiger partial charge in [0.2, 0.25) is 0 Å². The summed E-state index contributed by atoms with van der Waals surface area (Å²) in [4.78, 5) is 0. The highest BCUT2D eigenvalue weighted by Gasteiger charge is 2.08. The summed E-state index contributed by atoms with van der Waals surface area (Å²) in [5.74, 6) is 1.58. The van der Waals surface area contributed by atoms with Gasteiger partial charge in [-0.05, 0) is 50.1 Å². The molecule has 0 amide bonds. The van der Waals surface area contributed by atoms with E-state index in [9.17, 15) is 0 Å². The van der Waals surface area contributed by atoms with Crippen molar-refractivity contribution in [3.05, 3.63) is 58.6 Å². The minimum atomic E-state index is 0.0848. The van der Waals surface area contributed by atoms with Crippen molar-refractivity contribution >= 4 is 11.6 Å². The van der Waals surface area contributed by atoms with Gasteiger partial charge in [0.15, 0.2) is 0 Å². The van der Waals surface area contributed by atoms with Gasteiger partial charge < -0.3 is 10.5 Å². The third-order valence-electron chi connectivity index (χ3n) is 2.82. The summed E-state index contributed by atoms with van der Waals surface area (Å²) in [5.41, 5.74) is 8.13. The molecule has 0 aliphatic rings. The van der Waals surface area contributed by atoms with Crippen molar-refractivity contribution in [2.45, 2.75) is 26.3 Å². The summed E-state index contributed by atoms with van der Waals surface area (Å²) in [6.07, 6.45) is 0.762. The third kappa shape index (κ3) is 3.98. The zero-order valence-electron chi connectivity index (χ0n) is 11.2. The van der Waals surface area contributed by atoms with Crippen LogP contribution in [0.2, 0.25) is 5.02 Å². The van der Waals surface area contributed by atoms with Gasteiger partial charge in [0.25, 0.3) is 0 Å². The first kappa shape index (κ1) is 13.9. The van der Waals surface area contributed by atoms with Crippen molar-refractivity contribution in [2.75, 3.05) is 0 Å². The molecule has 2 rings (SSSR count). The largest absolute Gasteiger partial charge is 0.457 e. The van der Waals surface area contributed by atoms with E-state index in [4.69, 9.17) is 22.1 Å². The Morgan fingerprint density at radius 2 is 1.84 bits per heavy atom. The first-order valence-electron chi connectivity index (χ1n) is 6.33. The van der Waals surface area contributed by atoms with E-state index in [2.05, 4.69) is 0 Å². The fraction of sp³-hybridized carbons (Fsp3) is 0.250. The Bertz CT molecular complexity index is 549. The molecule has 2 aromatic rings. The maximum atomic E-state index is 6.03. The predicted octanol–water partition coefficient (Wildman–Crippen LogP) is 4.33. The molecule has 1 atom stereocenters. The molecule has 0 bridgehead atoms. The quantitative estimate of drug-likeness (QED) is 0.901. The van der Waals surface area contributed by atoms with Crippen LogP contribution in [0.4, 0.5) is 0 Å². The molecule has 100 valence electrons. The lowest BCUT2D eigenvalue weighted by Crippen LogP contribution is -2.18. The predicted molar refractivity (Wildman–Crippen MR) is 80.1 cm³/mol. The van der Waals surface area contributed by atoms with Gasteiger partial charge in [-0.25, -0.2) is 0 Å². The summed E-state index contributed by atoms with van der Waals surface area (Å²) in [6.45, 7) is 4.02. The first-order valence-corrected chi connectivity index (χ1v) is 6.71. The molecule has 0 heterocycles. The van der Waals surface area contributed by atoms with Crippen LogP contribution in [0, 0.1) is 6.92 Å². The van der Waals surface area contributed by atoms with E-state index in [1.807, 2.05) is 56.3 Å². The number of halogens is 1. The van der Waals surface area contributed by atoms with E-state index in [0.29, 0.717) is 5.02 Å². The van der Waals surface area contributed by atoms with E-state index in [-0.39, 0.29) is 6.04 Å². The fourth-order valence-electron chi connectivity index (χ4n) is 1.87. The maximum Gasteiger partial charge on any atom is 0.132 e. The molecule has 0 saturated heterocycles. The van der Waals surface area contributed by atoms with Gasteiger partial charge in [-0.3, -0.25) is 0 Å². The van der Waals surface area contributed by atoms with E-state index in [1.165, 1.54) is 5.56 Å². The molecule has 1 unspecified atom stereocenters. The van der Waals surface area contributed by atoms with Crippen LogP contribution in [0.3, 0.4) is 0 Å². The van der Waals surface area contributed by atoms with Crippen LogP contribution in [0.1, 0.15) is 18.1 Å². The third-order valence-corrected chi connectivity index (χ3v) is 3.05. The Balaban J connectivity index is 2.27. The topological polar surface area (TPSA) is 35.2 Å². The molecule has 0 saturated carbocycles. The van der Waals surface area contributed by atoms with Crippen LogP contribution >= 0.6 is 11.6 Å². The fourth-order valence-corrected chi connectivity index (χ4v) is 2.03. The number of aryl methyl sites for hydroxylation is 1.